The SMILES string of the molecule is CCCCCCCCCCCCCCOc1cccc(P(C)c2cccc(CBr)c2)c1. The van der Waals surface area contributed by atoms with E-state index in [4.69, 9.17) is 4.74 Å². The largest absolute Gasteiger partial charge is 0.494 e. The molecule has 0 aliphatic carbocycles. The van der Waals surface area contributed by atoms with Crippen molar-refractivity contribution in [2.24, 2.45) is 0 Å². The fourth-order valence-electron chi connectivity index (χ4n) is 3.91. The third kappa shape index (κ3) is 11.0. The number of unbranched alkanes of at least 4 members (excludes halogenated alkanes) is 11. The number of ether oxygens (including phenoxy) is 1. The van der Waals surface area contributed by atoms with E-state index in [1.165, 1.54) is 86.8 Å². The monoisotopic (exact) mass is 504 g/mol. The molecule has 31 heavy (non-hydrogen) atoms. The summed E-state index contributed by atoms with van der Waals surface area (Å²) in [6, 6.07) is 17.6. The van der Waals surface area contributed by atoms with Gasteiger partial charge < -0.3 is 4.74 Å². The third-order valence-electron chi connectivity index (χ3n) is 5.92. The first-order valence-electron chi connectivity index (χ1n) is 12.4. The van der Waals surface area contributed by atoms with E-state index in [1.807, 2.05) is 0 Å². The molecule has 1 unspecified atom stereocenters. The van der Waals surface area contributed by atoms with Gasteiger partial charge in [-0.1, -0.05) is 130 Å². The lowest BCUT2D eigenvalue weighted by Crippen LogP contribution is -2.11. The van der Waals surface area contributed by atoms with E-state index in [-0.39, 0.29) is 7.92 Å². The van der Waals surface area contributed by atoms with E-state index in [0.717, 1.165) is 24.1 Å². The maximum absolute atomic E-state index is 6.07. The van der Waals surface area contributed by atoms with Crippen molar-refractivity contribution in [3.63, 3.8) is 0 Å². The molecule has 1 atom stereocenters. The number of hydrogen-bond acceptors (Lipinski definition) is 1. The zero-order chi connectivity index (χ0) is 22.2. The molecule has 172 valence electrons. The molecule has 0 aliphatic rings. The van der Waals surface area contributed by atoms with Gasteiger partial charge in [0.2, 0.25) is 0 Å². The van der Waals surface area contributed by atoms with Gasteiger partial charge in [0, 0.05) is 5.33 Å². The van der Waals surface area contributed by atoms with Crippen molar-refractivity contribution in [3.05, 3.63) is 54.1 Å². The topological polar surface area (TPSA) is 9.23 Å². The average Bonchev–Trinajstić information content (AvgIpc) is 2.81. The fourth-order valence-corrected chi connectivity index (χ4v) is 5.86. The Labute approximate surface area is 201 Å². The molecule has 0 fully saturated rings. The van der Waals surface area contributed by atoms with Crippen LogP contribution in [0.5, 0.6) is 5.75 Å². The highest BCUT2D eigenvalue weighted by molar-refractivity contribution is 9.08. The van der Waals surface area contributed by atoms with Gasteiger partial charge in [-0.05, 0) is 49.3 Å². The molecule has 0 radical (unpaired) electrons. The van der Waals surface area contributed by atoms with Gasteiger partial charge in [-0.3, -0.25) is 0 Å². The molecule has 2 rings (SSSR count). The first kappa shape index (κ1) is 26.4. The van der Waals surface area contributed by atoms with Crippen LogP contribution in [0, 0.1) is 0 Å². The summed E-state index contributed by atoms with van der Waals surface area (Å²) in [4.78, 5) is 0. The zero-order valence-corrected chi connectivity index (χ0v) is 22.2. The van der Waals surface area contributed by atoms with Crippen molar-refractivity contribution in [1.29, 1.82) is 0 Å². The molecule has 0 N–H and O–H groups in total. The summed E-state index contributed by atoms with van der Waals surface area (Å²) in [5.41, 5.74) is 1.34. The Morgan fingerprint density at radius 1 is 0.710 bits per heavy atom. The van der Waals surface area contributed by atoms with Crippen LogP contribution in [-0.4, -0.2) is 13.3 Å². The second-order valence-electron chi connectivity index (χ2n) is 8.60. The van der Waals surface area contributed by atoms with Crippen LogP contribution in [0.1, 0.15) is 89.5 Å². The highest BCUT2D eigenvalue weighted by Crippen LogP contribution is 2.30. The Hall–Kier alpha value is -0.850. The molecule has 0 saturated heterocycles. The summed E-state index contributed by atoms with van der Waals surface area (Å²) in [5, 5.41) is 3.71. The predicted octanol–water partition coefficient (Wildman–Crippen LogP) is 8.72. The lowest BCUT2D eigenvalue weighted by atomic mass is 10.1. The summed E-state index contributed by atoms with van der Waals surface area (Å²) in [6.07, 6.45) is 16.5. The first-order valence-corrected chi connectivity index (χ1v) is 15.3. The van der Waals surface area contributed by atoms with Crippen LogP contribution < -0.4 is 15.3 Å². The van der Waals surface area contributed by atoms with Gasteiger partial charge in [-0.15, -0.1) is 0 Å². The number of halogens is 1. The molecular weight excluding hydrogens is 463 g/mol. The quantitative estimate of drug-likeness (QED) is 0.119. The van der Waals surface area contributed by atoms with Crippen molar-refractivity contribution in [2.45, 2.75) is 89.3 Å². The van der Waals surface area contributed by atoms with Gasteiger partial charge >= 0.3 is 0 Å². The molecule has 1 nitrogen and oxygen atoms in total. The van der Waals surface area contributed by atoms with Crippen LogP contribution in [0.3, 0.4) is 0 Å². The molecule has 2 aromatic rings. The highest BCUT2D eigenvalue weighted by Gasteiger charge is 2.09. The zero-order valence-electron chi connectivity index (χ0n) is 19.8. The molecule has 0 bridgehead atoms. The lowest BCUT2D eigenvalue weighted by Gasteiger charge is -2.15. The van der Waals surface area contributed by atoms with Gasteiger partial charge in [-0.2, -0.15) is 0 Å². The molecule has 0 aromatic heterocycles. The number of hydrogen-bond donors (Lipinski definition) is 0. The molecule has 3 heteroatoms. The number of alkyl halides is 1. The minimum absolute atomic E-state index is 0.347. The van der Waals surface area contributed by atoms with E-state index >= 15 is 0 Å². The van der Waals surface area contributed by atoms with Gasteiger partial charge in [0.1, 0.15) is 5.75 Å². The minimum Gasteiger partial charge on any atom is -0.494 e. The highest BCUT2D eigenvalue weighted by atomic mass is 79.9. The van der Waals surface area contributed by atoms with Crippen molar-refractivity contribution < 1.29 is 4.74 Å². The third-order valence-corrected chi connectivity index (χ3v) is 8.68. The number of benzene rings is 2. The Balaban J connectivity index is 1.59. The predicted molar refractivity (Wildman–Crippen MR) is 144 cm³/mol. The van der Waals surface area contributed by atoms with Crippen LogP contribution in [0.15, 0.2) is 48.5 Å². The summed E-state index contributed by atoms with van der Waals surface area (Å²) >= 11 is 3.57. The van der Waals surface area contributed by atoms with Crippen LogP contribution in [0.4, 0.5) is 0 Å². The normalized spacial score (nSPS) is 12.1. The van der Waals surface area contributed by atoms with Crippen molar-refractivity contribution >= 4 is 34.5 Å². The maximum Gasteiger partial charge on any atom is 0.119 e. The minimum atomic E-state index is -0.347. The summed E-state index contributed by atoms with van der Waals surface area (Å²) < 4.78 is 6.07. The lowest BCUT2D eigenvalue weighted by molar-refractivity contribution is 0.304. The van der Waals surface area contributed by atoms with E-state index in [1.54, 1.807) is 0 Å². The first-order chi connectivity index (χ1) is 15.2. The van der Waals surface area contributed by atoms with Crippen LogP contribution >= 0.6 is 23.9 Å². The van der Waals surface area contributed by atoms with Crippen LogP contribution in [0.25, 0.3) is 0 Å². The molecule has 0 amide bonds. The Kier molecular flexibility index (Phi) is 14.3. The molecule has 0 heterocycles. The Morgan fingerprint density at radius 3 is 1.87 bits per heavy atom. The van der Waals surface area contributed by atoms with Crippen molar-refractivity contribution in [1.82, 2.24) is 0 Å². The van der Waals surface area contributed by atoms with Crippen LogP contribution in [-0.2, 0) is 5.33 Å². The smallest absolute Gasteiger partial charge is 0.119 e. The summed E-state index contributed by atoms with van der Waals surface area (Å²) in [6.45, 7) is 5.46. The molecule has 2 aromatic carbocycles. The molecular formula is C28H42BrOP. The number of rotatable bonds is 17. The van der Waals surface area contributed by atoms with Crippen molar-refractivity contribution in [3.8, 4) is 5.75 Å². The standard InChI is InChI=1S/C28H42BrOP/c1-3-4-5-6-7-8-9-10-11-12-13-14-21-30-26-18-16-20-28(23-26)31(2)27-19-15-17-25(22-27)24-29/h15-20,22-23H,3-14,21,24H2,1-2H3. The van der Waals surface area contributed by atoms with E-state index in [0.29, 0.717) is 0 Å². The summed E-state index contributed by atoms with van der Waals surface area (Å²) in [7, 11) is -0.347. The van der Waals surface area contributed by atoms with E-state index in [2.05, 4.69) is 78.0 Å². The Bertz CT molecular complexity index is 718. The van der Waals surface area contributed by atoms with Gasteiger partial charge in [0.05, 0.1) is 6.61 Å². The van der Waals surface area contributed by atoms with E-state index in [9.17, 15) is 0 Å². The summed E-state index contributed by atoms with van der Waals surface area (Å²) in [5.74, 6) is 1.02. The molecule has 0 aliphatic heterocycles. The average molecular weight is 506 g/mol. The second-order valence-corrected chi connectivity index (χ2v) is 11.3. The van der Waals surface area contributed by atoms with Gasteiger partial charge in [0.25, 0.3) is 0 Å². The fraction of sp³-hybridized carbons (Fsp3) is 0.571. The Morgan fingerprint density at radius 2 is 1.26 bits per heavy atom. The van der Waals surface area contributed by atoms with Gasteiger partial charge in [-0.25, -0.2) is 0 Å². The maximum atomic E-state index is 6.07. The van der Waals surface area contributed by atoms with Gasteiger partial charge in [0.15, 0.2) is 0 Å². The molecule has 0 saturated carbocycles. The van der Waals surface area contributed by atoms with Crippen LogP contribution in [0.2, 0.25) is 0 Å². The molecule has 0 spiro atoms. The second kappa shape index (κ2) is 16.7. The van der Waals surface area contributed by atoms with Crippen molar-refractivity contribution in [2.75, 3.05) is 13.3 Å². The van der Waals surface area contributed by atoms with E-state index < -0.39 is 0 Å².